The van der Waals surface area contributed by atoms with Crippen LogP contribution < -0.4 is 4.74 Å². The van der Waals surface area contributed by atoms with E-state index >= 15 is 0 Å². The number of carboxylic acids is 1. The van der Waals surface area contributed by atoms with Gasteiger partial charge in [-0.25, -0.2) is 0 Å². The number of carbonyl (C=O) groups is 2. The van der Waals surface area contributed by atoms with Crippen molar-refractivity contribution in [1.29, 1.82) is 0 Å². The fourth-order valence-electron chi connectivity index (χ4n) is 3.32. The minimum atomic E-state index is -0.855. The highest BCUT2D eigenvalue weighted by molar-refractivity contribution is 5.94. The number of rotatable bonds is 9. The summed E-state index contributed by atoms with van der Waals surface area (Å²) < 4.78 is 11.3. The van der Waals surface area contributed by atoms with Gasteiger partial charge in [-0.3, -0.25) is 9.59 Å². The van der Waals surface area contributed by atoms with Crippen molar-refractivity contribution in [3.8, 4) is 5.75 Å². The molecular formula is C23H27NO5. The molecule has 0 saturated carbocycles. The summed E-state index contributed by atoms with van der Waals surface area (Å²) in [6, 6.07) is 16.9. The number of amides is 1. The highest BCUT2D eigenvalue weighted by Crippen LogP contribution is 2.20. The van der Waals surface area contributed by atoms with Crippen LogP contribution in [-0.2, 0) is 16.1 Å². The van der Waals surface area contributed by atoms with Crippen LogP contribution >= 0.6 is 0 Å². The van der Waals surface area contributed by atoms with Gasteiger partial charge < -0.3 is 19.5 Å². The molecule has 29 heavy (non-hydrogen) atoms. The van der Waals surface area contributed by atoms with E-state index < -0.39 is 5.97 Å². The van der Waals surface area contributed by atoms with Crippen molar-refractivity contribution in [2.24, 2.45) is 0 Å². The number of carboxylic acid groups (broad SMARTS) is 1. The van der Waals surface area contributed by atoms with Crippen LogP contribution in [0, 0.1) is 0 Å². The first-order chi connectivity index (χ1) is 14.1. The molecule has 1 aliphatic rings. The lowest BCUT2D eigenvalue weighted by Gasteiger charge is -2.24. The first-order valence-corrected chi connectivity index (χ1v) is 10.0. The molecular weight excluding hydrogens is 370 g/mol. The Bertz CT molecular complexity index is 785. The number of ether oxygens (including phenoxy) is 2. The van der Waals surface area contributed by atoms with Crippen molar-refractivity contribution >= 4 is 11.9 Å². The van der Waals surface area contributed by atoms with E-state index in [4.69, 9.17) is 14.6 Å². The van der Waals surface area contributed by atoms with Crippen molar-refractivity contribution in [3.05, 3.63) is 65.7 Å². The second-order valence-electron chi connectivity index (χ2n) is 7.16. The van der Waals surface area contributed by atoms with E-state index in [1.54, 1.807) is 17.0 Å². The average molecular weight is 397 g/mol. The molecule has 1 N–H and O–H groups in total. The first kappa shape index (κ1) is 20.9. The third kappa shape index (κ3) is 6.61. The Labute approximate surface area is 171 Å². The molecule has 1 heterocycles. The molecule has 0 atom stereocenters. The molecule has 0 bridgehead atoms. The van der Waals surface area contributed by atoms with Crippen molar-refractivity contribution in [3.63, 3.8) is 0 Å². The molecule has 1 saturated heterocycles. The summed E-state index contributed by atoms with van der Waals surface area (Å²) in [4.78, 5) is 25.6. The molecule has 2 aromatic carbocycles. The highest BCUT2D eigenvalue weighted by Gasteiger charge is 2.18. The van der Waals surface area contributed by atoms with Gasteiger partial charge in [0.25, 0.3) is 5.91 Å². The van der Waals surface area contributed by atoms with Crippen molar-refractivity contribution < 1.29 is 24.2 Å². The van der Waals surface area contributed by atoms with E-state index in [9.17, 15) is 9.59 Å². The molecule has 0 spiro atoms. The van der Waals surface area contributed by atoms with Crippen LogP contribution in [0.5, 0.6) is 5.75 Å². The maximum absolute atomic E-state index is 13.0. The lowest BCUT2D eigenvalue weighted by Crippen LogP contribution is -2.32. The summed E-state index contributed by atoms with van der Waals surface area (Å²) in [6.07, 6.45) is 2.34. The average Bonchev–Trinajstić information content (AvgIpc) is 2.74. The third-order valence-corrected chi connectivity index (χ3v) is 4.89. The Morgan fingerprint density at radius 1 is 1.03 bits per heavy atom. The molecule has 0 unspecified atom stereocenters. The predicted octanol–water partition coefficient (Wildman–Crippen LogP) is 3.75. The summed E-state index contributed by atoms with van der Waals surface area (Å²) in [5.74, 6) is -0.225. The van der Waals surface area contributed by atoms with Crippen LogP contribution in [0.3, 0.4) is 0 Å². The van der Waals surface area contributed by atoms with Gasteiger partial charge >= 0.3 is 5.97 Å². The highest BCUT2D eigenvalue weighted by atomic mass is 16.5. The molecule has 1 amide bonds. The van der Waals surface area contributed by atoms with Crippen molar-refractivity contribution in [2.75, 3.05) is 19.8 Å². The summed E-state index contributed by atoms with van der Waals surface area (Å²) in [5.41, 5.74) is 1.58. The minimum Gasteiger partial charge on any atom is -0.490 e. The Hall–Kier alpha value is -2.86. The van der Waals surface area contributed by atoms with Crippen LogP contribution in [0.15, 0.2) is 54.6 Å². The minimum absolute atomic E-state index is 0.0381. The van der Waals surface area contributed by atoms with Gasteiger partial charge in [0.1, 0.15) is 11.9 Å². The Morgan fingerprint density at radius 3 is 2.38 bits per heavy atom. The van der Waals surface area contributed by atoms with E-state index in [2.05, 4.69) is 0 Å². The maximum Gasteiger partial charge on any atom is 0.303 e. The second kappa shape index (κ2) is 10.6. The lowest BCUT2D eigenvalue weighted by molar-refractivity contribution is -0.137. The zero-order valence-electron chi connectivity index (χ0n) is 16.5. The molecule has 0 aromatic heterocycles. The Morgan fingerprint density at radius 2 is 1.72 bits per heavy atom. The second-order valence-corrected chi connectivity index (χ2v) is 7.16. The quantitative estimate of drug-likeness (QED) is 0.697. The summed E-state index contributed by atoms with van der Waals surface area (Å²) in [5, 5.41) is 8.91. The number of hydrogen-bond donors (Lipinski definition) is 1. The molecule has 0 aliphatic carbocycles. The van der Waals surface area contributed by atoms with E-state index in [0.717, 1.165) is 24.2 Å². The normalized spacial score (nSPS) is 14.3. The SMILES string of the molecule is O=C(O)CCCN(Cc1ccccc1)C(=O)c1ccc(OC2CCOCC2)cc1. The van der Waals surface area contributed by atoms with Crippen molar-refractivity contribution in [2.45, 2.75) is 38.3 Å². The van der Waals surface area contributed by atoms with Crippen LogP contribution in [0.25, 0.3) is 0 Å². The predicted molar refractivity (Wildman–Crippen MR) is 109 cm³/mol. The van der Waals surface area contributed by atoms with Crippen LogP contribution in [0.4, 0.5) is 0 Å². The van der Waals surface area contributed by atoms with E-state index in [0.29, 0.717) is 38.3 Å². The van der Waals surface area contributed by atoms with Crippen LogP contribution in [0.1, 0.15) is 41.6 Å². The zero-order chi connectivity index (χ0) is 20.5. The van der Waals surface area contributed by atoms with Gasteiger partial charge in [-0.2, -0.15) is 0 Å². The molecule has 0 radical (unpaired) electrons. The van der Waals surface area contributed by atoms with Gasteiger partial charge in [0, 0.05) is 37.9 Å². The molecule has 6 heteroatoms. The van der Waals surface area contributed by atoms with Gasteiger partial charge in [0.2, 0.25) is 0 Å². The third-order valence-electron chi connectivity index (χ3n) is 4.89. The van der Waals surface area contributed by atoms with E-state index in [-0.39, 0.29) is 18.4 Å². The molecule has 3 rings (SSSR count). The van der Waals surface area contributed by atoms with Gasteiger partial charge in [0.05, 0.1) is 13.2 Å². The van der Waals surface area contributed by atoms with Gasteiger partial charge in [-0.15, -0.1) is 0 Å². The van der Waals surface area contributed by atoms with Gasteiger partial charge in [-0.1, -0.05) is 30.3 Å². The molecule has 154 valence electrons. The van der Waals surface area contributed by atoms with Crippen molar-refractivity contribution in [1.82, 2.24) is 4.90 Å². The number of carbonyl (C=O) groups excluding carboxylic acids is 1. The molecule has 1 aliphatic heterocycles. The Balaban J connectivity index is 1.65. The lowest BCUT2D eigenvalue weighted by atomic mass is 10.1. The summed E-state index contributed by atoms with van der Waals surface area (Å²) in [7, 11) is 0. The summed E-state index contributed by atoms with van der Waals surface area (Å²) >= 11 is 0. The zero-order valence-corrected chi connectivity index (χ0v) is 16.5. The fraction of sp³-hybridized carbons (Fsp3) is 0.391. The maximum atomic E-state index is 13.0. The number of aliphatic carboxylic acids is 1. The summed E-state index contributed by atoms with van der Waals surface area (Å²) in [6.45, 7) is 2.26. The number of benzene rings is 2. The number of hydrogen-bond acceptors (Lipinski definition) is 4. The van der Waals surface area contributed by atoms with Crippen LogP contribution in [0.2, 0.25) is 0 Å². The topological polar surface area (TPSA) is 76.1 Å². The molecule has 2 aromatic rings. The number of nitrogens with zero attached hydrogens (tertiary/aromatic N) is 1. The first-order valence-electron chi connectivity index (χ1n) is 10.0. The standard InChI is InChI=1S/C23H27NO5/c25-22(26)7-4-14-24(17-18-5-2-1-3-6-18)23(27)19-8-10-20(11-9-19)29-21-12-15-28-16-13-21/h1-3,5-6,8-11,21H,4,7,12-17H2,(H,25,26). The van der Waals surface area contributed by atoms with Crippen LogP contribution in [-0.4, -0.2) is 47.7 Å². The largest absolute Gasteiger partial charge is 0.490 e. The monoisotopic (exact) mass is 397 g/mol. The molecule has 1 fully saturated rings. The van der Waals surface area contributed by atoms with Gasteiger partial charge in [-0.05, 0) is 36.2 Å². The fourth-order valence-corrected chi connectivity index (χ4v) is 3.32. The van der Waals surface area contributed by atoms with Gasteiger partial charge in [0.15, 0.2) is 0 Å². The van der Waals surface area contributed by atoms with E-state index in [1.165, 1.54) is 0 Å². The molecule has 6 nitrogen and oxygen atoms in total. The smallest absolute Gasteiger partial charge is 0.303 e. The Kier molecular flexibility index (Phi) is 7.64. The van der Waals surface area contributed by atoms with E-state index in [1.807, 2.05) is 42.5 Å².